The van der Waals surface area contributed by atoms with E-state index in [1.807, 2.05) is 49.4 Å². The Balaban J connectivity index is 1.67. The Morgan fingerprint density at radius 1 is 1.12 bits per heavy atom. The van der Waals surface area contributed by atoms with E-state index in [0.717, 1.165) is 17.5 Å². The fourth-order valence-electron chi connectivity index (χ4n) is 5.43. The maximum atomic E-state index is 13.5. The van der Waals surface area contributed by atoms with Crippen molar-refractivity contribution in [3.05, 3.63) is 94.0 Å². The number of carbonyl (C=O) groups excluding carboxylic acids is 2. The molecular weight excluding hydrogens is 542 g/mol. The van der Waals surface area contributed by atoms with Crippen LogP contribution in [0.1, 0.15) is 52.7 Å². The summed E-state index contributed by atoms with van der Waals surface area (Å²) in [6.45, 7) is 3.61. The number of hydrogen-bond donors (Lipinski definition) is 3. The number of alkyl carbamates (subject to hydrolysis) is 1. The van der Waals surface area contributed by atoms with Gasteiger partial charge < -0.3 is 30.5 Å². The predicted octanol–water partition coefficient (Wildman–Crippen LogP) is 5.78. The van der Waals surface area contributed by atoms with Gasteiger partial charge in [-0.1, -0.05) is 54.1 Å². The van der Waals surface area contributed by atoms with E-state index in [4.69, 9.17) is 26.8 Å². The van der Waals surface area contributed by atoms with Crippen molar-refractivity contribution >= 4 is 23.6 Å². The smallest absolute Gasteiger partial charge is 0.406 e. The second-order valence-electron chi connectivity index (χ2n) is 10.4. The van der Waals surface area contributed by atoms with Crippen LogP contribution in [0.4, 0.5) is 4.79 Å². The summed E-state index contributed by atoms with van der Waals surface area (Å²) in [5.74, 6) is 0.625. The summed E-state index contributed by atoms with van der Waals surface area (Å²) in [6, 6.07) is 20.3. The number of benzene rings is 3. The number of aliphatic hydroxyl groups is 1. The normalized spacial score (nSPS) is 16.5. The molecule has 4 rings (SSSR count). The van der Waals surface area contributed by atoms with Gasteiger partial charge in [-0.3, -0.25) is 4.79 Å². The minimum atomic E-state index is -1.40. The van der Waals surface area contributed by atoms with Crippen LogP contribution < -0.4 is 15.8 Å². The van der Waals surface area contributed by atoms with Crippen LogP contribution in [-0.4, -0.2) is 48.8 Å². The number of halogens is 1. The summed E-state index contributed by atoms with van der Waals surface area (Å²) in [5, 5.41) is 15.6. The Morgan fingerprint density at radius 2 is 1.88 bits per heavy atom. The number of nitrogens with one attached hydrogen (secondary N) is 1. The van der Waals surface area contributed by atoms with Gasteiger partial charge >= 0.3 is 6.09 Å². The van der Waals surface area contributed by atoms with Gasteiger partial charge in [0, 0.05) is 43.2 Å². The molecule has 3 aromatic rings. The lowest BCUT2D eigenvalue weighted by molar-refractivity contribution is -0.0578. The summed E-state index contributed by atoms with van der Waals surface area (Å²) in [7, 11) is 1.31. The fourth-order valence-corrected chi connectivity index (χ4v) is 5.64. The first-order valence-corrected chi connectivity index (χ1v) is 14.3. The van der Waals surface area contributed by atoms with Crippen LogP contribution in [0.2, 0.25) is 5.02 Å². The standard InChI is InChI=1S/C32H38ClN3O5/c1-22-8-3-4-12-28(22)41-29-26(10-5-11-27(29)33)32(39,17-7-18-35-31(38)40-2)25-9-6-19-36(21-25)30(37)24-15-13-23(20-34)14-16-24/h3-5,8,10-16,25,39H,6-7,9,17-21,34H2,1-2H3,(H,35,38)/t25-,32+/m1/s1. The number of nitrogens with zero attached hydrogens (tertiary/aromatic N) is 1. The molecule has 0 aromatic heterocycles. The Kier molecular flexibility index (Phi) is 10.3. The number of amides is 2. The number of rotatable bonds is 10. The van der Waals surface area contributed by atoms with E-state index in [9.17, 15) is 14.7 Å². The first-order chi connectivity index (χ1) is 19.8. The van der Waals surface area contributed by atoms with Gasteiger partial charge in [0.25, 0.3) is 5.91 Å². The molecule has 0 radical (unpaired) electrons. The second kappa shape index (κ2) is 13.9. The number of likely N-dealkylation sites (tertiary alicyclic amines) is 1. The zero-order chi connectivity index (χ0) is 29.4. The van der Waals surface area contributed by atoms with Crippen LogP contribution in [0.3, 0.4) is 0 Å². The Morgan fingerprint density at radius 3 is 2.59 bits per heavy atom. The first kappa shape index (κ1) is 30.4. The lowest BCUT2D eigenvalue weighted by atomic mass is 9.73. The van der Waals surface area contributed by atoms with Gasteiger partial charge in [0.15, 0.2) is 5.75 Å². The van der Waals surface area contributed by atoms with Crippen molar-refractivity contribution in [3.8, 4) is 11.5 Å². The molecule has 1 saturated heterocycles. The number of piperidine rings is 1. The molecule has 218 valence electrons. The molecule has 1 aliphatic heterocycles. The molecular formula is C32H38ClN3O5. The van der Waals surface area contributed by atoms with Crippen molar-refractivity contribution < 1.29 is 24.2 Å². The summed E-state index contributed by atoms with van der Waals surface area (Å²) in [6.07, 6.45) is 1.67. The van der Waals surface area contributed by atoms with Crippen molar-refractivity contribution in [3.63, 3.8) is 0 Å². The molecule has 4 N–H and O–H groups in total. The van der Waals surface area contributed by atoms with E-state index in [1.54, 1.807) is 29.2 Å². The number of nitrogens with two attached hydrogens (primary N) is 1. The van der Waals surface area contributed by atoms with Gasteiger partial charge in [-0.15, -0.1) is 0 Å². The highest BCUT2D eigenvalue weighted by atomic mass is 35.5. The largest absolute Gasteiger partial charge is 0.455 e. The Labute approximate surface area is 246 Å². The molecule has 1 aliphatic rings. The van der Waals surface area contributed by atoms with Crippen molar-refractivity contribution in [2.45, 2.75) is 44.8 Å². The van der Waals surface area contributed by atoms with Crippen LogP contribution in [-0.2, 0) is 16.9 Å². The lowest BCUT2D eigenvalue weighted by Crippen LogP contribution is -2.48. The molecule has 0 unspecified atom stereocenters. The highest BCUT2D eigenvalue weighted by molar-refractivity contribution is 6.32. The highest BCUT2D eigenvalue weighted by Gasteiger charge is 2.43. The molecule has 0 bridgehead atoms. The van der Waals surface area contributed by atoms with Gasteiger partial charge in [-0.05, 0) is 68.0 Å². The minimum absolute atomic E-state index is 0.0875. The molecule has 0 aliphatic carbocycles. The average Bonchev–Trinajstić information content (AvgIpc) is 3.00. The number of carbonyl (C=O) groups is 2. The van der Waals surface area contributed by atoms with Crippen LogP contribution in [0, 0.1) is 12.8 Å². The van der Waals surface area contributed by atoms with Crippen LogP contribution in [0.15, 0.2) is 66.7 Å². The van der Waals surface area contributed by atoms with E-state index in [0.29, 0.717) is 73.1 Å². The lowest BCUT2D eigenvalue weighted by Gasteiger charge is -2.43. The zero-order valence-corrected chi connectivity index (χ0v) is 24.3. The van der Waals surface area contributed by atoms with Crippen molar-refractivity contribution in [1.29, 1.82) is 0 Å². The number of para-hydroxylation sites is 2. The summed E-state index contributed by atoms with van der Waals surface area (Å²) in [5.41, 5.74) is 7.34. The number of methoxy groups -OCH3 is 1. The van der Waals surface area contributed by atoms with Crippen molar-refractivity contribution in [2.24, 2.45) is 11.7 Å². The highest BCUT2D eigenvalue weighted by Crippen LogP contribution is 2.47. The Hall–Kier alpha value is -3.59. The van der Waals surface area contributed by atoms with E-state index in [2.05, 4.69) is 5.32 Å². The van der Waals surface area contributed by atoms with Crippen LogP contribution >= 0.6 is 11.6 Å². The monoisotopic (exact) mass is 579 g/mol. The molecule has 41 heavy (non-hydrogen) atoms. The van der Waals surface area contributed by atoms with Gasteiger partial charge in [-0.25, -0.2) is 4.79 Å². The summed E-state index contributed by atoms with van der Waals surface area (Å²) in [4.78, 5) is 26.9. The number of aryl methyl sites for hydroxylation is 1. The third-order valence-corrected chi connectivity index (χ3v) is 8.05. The molecule has 8 nitrogen and oxygen atoms in total. The van der Waals surface area contributed by atoms with Crippen LogP contribution in [0.5, 0.6) is 11.5 Å². The minimum Gasteiger partial charge on any atom is -0.455 e. The summed E-state index contributed by atoms with van der Waals surface area (Å²) >= 11 is 6.70. The molecule has 2 amide bonds. The molecule has 1 heterocycles. The van der Waals surface area contributed by atoms with Gasteiger partial charge in [0.2, 0.25) is 0 Å². The van der Waals surface area contributed by atoms with Gasteiger partial charge in [0.05, 0.1) is 17.7 Å². The maximum absolute atomic E-state index is 13.5. The summed E-state index contributed by atoms with van der Waals surface area (Å²) < 4.78 is 11.1. The topological polar surface area (TPSA) is 114 Å². The molecule has 0 spiro atoms. The van der Waals surface area contributed by atoms with Crippen LogP contribution in [0.25, 0.3) is 0 Å². The van der Waals surface area contributed by atoms with E-state index < -0.39 is 11.7 Å². The van der Waals surface area contributed by atoms with E-state index in [-0.39, 0.29) is 11.8 Å². The van der Waals surface area contributed by atoms with E-state index in [1.165, 1.54) is 7.11 Å². The number of hydrogen-bond acceptors (Lipinski definition) is 6. The first-order valence-electron chi connectivity index (χ1n) is 13.9. The maximum Gasteiger partial charge on any atom is 0.406 e. The van der Waals surface area contributed by atoms with Crippen molar-refractivity contribution in [1.82, 2.24) is 10.2 Å². The average molecular weight is 580 g/mol. The molecule has 0 saturated carbocycles. The number of ether oxygens (including phenoxy) is 2. The molecule has 2 atom stereocenters. The molecule has 1 fully saturated rings. The predicted molar refractivity (Wildman–Crippen MR) is 159 cm³/mol. The SMILES string of the molecule is COC(=O)NCCC[C@@](O)(c1cccc(Cl)c1Oc1ccccc1C)[C@@H]1CCCN(C(=O)c2ccc(CN)cc2)C1. The molecule has 9 heteroatoms. The zero-order valence-electron chi connectivity index (χ0n) is 23.6. The van der Waals surface area contributed by atoms with Crippen molar-refractivity contribution in [2.75, 3.05) is 26.7 Å². The van der Waals surface area contributed by atoms with Gasteiger partial charge in [0.1, 0.15) is 5.75 Å². The third kappa shape index (κ3) is 7.19. The Bertz CT molecular complexity index is 1350. The second-order valence-corrected chi connectivity index (χ2v) is 10.8. The molecule has 3 aromatic carbocycles. The quantitative estimate of drug-likeness (QED) is 0.263. The third-order valence-electron chi connectivity index (χ3n) is 7.75. The fraction of sp³-hybridized carbons (Fsp3) is 0.375. The van der Waals surface area contributed by atoms with E-state index >= 15 is 0 Å². The van der Waals surface area contributed by atoms with Gasteiger partial charge in [-0.2, -0.15) is 0 Å².